The fraction of sp³-hybridized carbons (Fsp3) is 0.357. The van der Waals surface area contributed by atoms with Gasteiger partial charge in [-0.3, -0.25) is 4.79 Å². The van der Waals surface area contributed by atoms with Crippen molar-refractivity contribution in [2.24, 2.45) is 5.73 Å². The third-order valence-corrected chi connectivity index (χ3v) is 5.43. The Morgan fingerprint density at radius 1 is 1.36 bits per heavy atom. The van der Waals surface area contributed by atoms with Gasteiger partial charge in [-0.05, 0) is 31.0 Å². The molecule has 8 heteroatoms. The van der Waals surface area contributed by atoms with Crippen LogP contribution in [-0.2, 0) is 10.0 Å². The van der Waals surface area contributed by atoms with Crippen LogP contribution in [0.3, 0.4) is 0 Å². The van der Waals surface area contributed by atoms with Crippen molar-refractivity contribution in [3.05, 3.63) is 34.8 Å². The fourth-order valence-electron chi connectivity index (χ4n) is 2.22. The van der Waals surface area contributed by atoms with E-state index in [-0.39, 0.29) is 22.8 Å². The largest absolute Gasteiger partial charge is 0.488 e. The molecular formula is C14H17BrN2O4S. The van der Waals surface area contributed by atoms with Gasteiger partial charge in [-0.25, -0.2) is 8.42 Å². The molecule has 0 saturated carbocycles. The van der Waals surface area contributed by atoms with Crippen LogP contribution in [0.4, 0.5) is 0 Å². The average molecular weight is 389 g/mol. The summed E-state index contributed by atoms with van der Waals surface area (Å²) in [4.78, 5) is 11.6. The fourth-order valence-corrected chi connectivity index (χ4v) is 3.88. The number of carbonyl (C=O) groups is 1. The summed E-state index contributed by atoms with van der Waals surface area (Å²) in [5, 5.41) is 0. The number of sulfonamides is 1. The number of nitrogens with zero attached hydrogens (tertiary/aromatic N) is 1. The van der Waals surface area contributed by atoms with E-state index in [1.165, 1.54) is 22.5 Å². The zero-order valence-corrected chi connectivity index (χ0v) is 14.3. The molecule has 0 radical (unpaired) electrons. The molecule has 0 aromatic heterocycles. The van der Waals surface area contributed by atoms with Crippen LogP contribution in [0.2, 0.25) is 0 Å². The summed E-state index contributed by atoms with van der Waals surface area (Å²) in [6.45, 7) is 4.77. The van der Waals surface area contributed by atoms with Crippen LogP contribution in [0.5, 0.6) is 5.75 Å². The third-order valence-electron chi connectivity index (χ3n) is 3.30. The van der Waals surface area contributed by atoms with Gasteiger partial charge in [0.1, 0.15) is 12.4 Å². The zero-order chi connectivity index (χ0) is 16.3. The molecule has 1 aromatic rings. The Balaban J connectivity index is 2.36. The molecule has 1 aromatic carbocycles. The van der Waals surface area contributed by atoms with Crippen LogP contribution in [0.1, 0.15) is 23.2 Å². The SMILES string of the molecule is C=C(Br)COc1ccc(S(=O)(=O)N2CCCC2)cc1C(N)=O. The standard InChI is InChI=1S/C14H17BrN2O4S/c1-10(15)9-21-13-5-4-11(8-12(13)14(16)18)22(19,20)17-6-2-3-7-17/h4-5,8H,1-3,6-7,9H2,(H2,16,18). The topological polar surface area (TPSA) is 89.7 Å². The van der Waals surface area contributed by atoms with Crippen molar-refractivity contribution in [3.63, 3.8) is 0 Å². The smallest absolute Gasteiger partial charge is 0.252 e. The van der Waals surface area contributed by atoms with Crippen molar-refractivity contribution in [2.45, 2.75) is 17.7 Å². The Kier molecular flexibility index (Phi) is 5.25. The lowest BCUT2D eigenvalue weighted by Crippen LogP contribution is -2.28. The number of ether oxygens (including phenoxy) is 1. The maximum Gasteiger partial charge on any atom is 0.252 e. The van der Waals surface area contributed by atoms with Crippen molar-refractivity contribution in [1.82, 2.24) is 4.31 Å². The highest BCUT2D eigenvalue weighted by Crippen LogP contribution is 2.26. The van der Waals surface area contributed by atoms with Crippen LogP contribution in [0.15, 0.2) is 34.2 Å². The lowest BCUT2D eigenvalue weighted by atomic mass is 10.2. The molecule has 1 amide bonds. The van der Waals surface area contributed by atoms with Gasteiger partial charge in [-0.2, -0.15) is 4.31 Å². The highest BCUT2D eigenvalue weighted by atomic mass is 79.9. The molecule has 22 heavy (non-hydrogen) atoms. The average Bonchev–Trinajstić information content (AvgIpc) is 2.99. The minimum absolute atomic E-state index is 0.0361. The molecule has 1 aliphatic heterocycles. The van der Waals surface area contributed by atoms with Gasteiger partial charge in [-0.15, -0.1) is 0 Å². The molecule has 1 heterocycles. The van der Waals surface area contributed by atoms with E-state index >= 15 is 0 Å². The predicted molar refractivity (Wildman–Crippen MR) is 86.5 cm³/mol. The van der Waals surface area contributed by atoms with E-state index in [0.29, 0.717) is 17.6 Å². The lowest BCUT2D eigenvalue weighted by Gasteiger charge is -2.17. The Bertz CT molecular complexity index is 697. The first-order valence-corrected chi connectivity index (χ1v) is 8.96. The molecule has 120 valence electrons. The van der Waals surface area contributed by atoms with Crippen LogP contribution in [-0.4, -0.2) is 38.3 Å². The van der Waals surface area contributed by atoms with E-state index in [2.05, 4.69) is 22.5 Å². The van der Waals surface area contributed by atoms with Gasteiger partial charge in [-0.1, -0.05) is 22.5 Å². The van der Waals surface area contributed by atoms with Crippen molar-refractivity contribution in [1.29, 1.82) is 0 Å². The molecule has 1 saturated heterocycles. The molecular weight excluding hydrogens is 372 g/mol. The molecule has 2 N–H and O–H groups in total. The molecule has 6 nitrogen and oxygen atoms in total. The highest BCUT2D eigenvalue weighted by molar-refractivity contribution is 9.11. The van der Waals surface area contributed by atoms with E-state index in [0.717, 1.165) is 12.8 Å². The van der Waals surface area contributed by atoms with Crippen molar-refractivity contribution in [3.8, 4) is 5.75 Å². The second kappa shape index (κ2) is 6.80. The lowest BCUT2D eigenvalue weighted by molar-refractivity contribution is 0.0996. The zero-order valence-electron chi connectivity index (χ0n) is 11.9. The number of amides is 1. The van der Waals surface area contributed by atoms with Gasteiger partial charge in [0.05, 0.1) is 10.5 Å². The summed E-state index contributed by atoms with van der Waals surface area (Å²) in [5.74, 6) is -0.512. The Morgan fingerprint density at radius 3 is 2.55 bits per heavy atom. The van der Waals surface area contributed by atoms with E-state index in [1.54, 1.807) is 0 Å². The summed E-state index contributed by atoms with van der Waals surface area (Å²) in [6, 6.07) is 4.13. The van der Waals surface area contributed by atoms with Gasteiger partial charge >= 0.3 is 0 Å². The van der Waals surface area contributed by atoms with E-state index in [4.69, 9.17) is 10.5 Å². The molecule has 0 spiro atoms. The Hall–Kier alpha value is -1.38. The number of rotatable bonds is 6. The van der Waals surface area contributed by atoms with Gasteiger partial charge < -0.3 is 10.5 Å². The molecule has 0 unspecified atom stereocenters. The van der Waals surface area contributed by atoms with Gasteiger partial charge in [0, 0.05) is 17.6 Å². The minimum atomic E-state index is -3.60. The summed E-state index contributed by atoms with van der Waals surface area (Å²) in [7, 11) is -3.60. The quantitative estimate of drug-likeness (QED) is 0.804. The second-order valence-corrected chi connectivity index (χ2v) is 8.00. The van der Waals surface area contributed by atoms with E-state index in [9.17, 15) is 13.2 Å². The van der Waals surface area contributed by atoms with Gasteiger partial charge in [0.25, 0.3) is 5.91 Å². The summed E-state index contributed by atoms with van der Waals surface area (Å²) < 4.78 is 32.4. The van der Waals surface area contributed by atoms with Crippen molar-refractivity contribution in [2.75, 3.05) is 19.7 Å². The first-order chi connectivity index (χ1) is 10.3. The molecule has 1 fully saturated rings. The maximum atomic E-state index is 12.5. The number of halogens is 1. The van der Waals surface area contributed by atoms with Crippen molar-refractivity contribution >= 4 is 31.9 Å². The summed E-state index contributed by atoms with van der Waals surface area (Å²) in [6.07, 6.45) is 1.69. The minimum Gasteiger partial charge on any atom is -0.488 e. The summed E-state index contributed by atoms with van der Waals surface area (Å²) >= 11 is 3.15. The molecule has 0 aliphatic carbocycles. The van der Waals surface area contributed by atoms with Crippen LogP contribution >= 0.6 is 15.9 Å². The Morgan fingerprint density at radius 2 is 2.00 bits per heavy atom. The number of hydrogen-bond acceptors (Lipinski definition) is 4. The number of primary amides is 1. The molecule has 0 atom stereocenters. The molecule has 0 bridgehead atoms. The monoisotopic (exact) mass is 388 g/mol. The van der Waals surface area contributed by atoms with Crippen molar-refractivity contribution < 1.29 is 17.9 Å². The van der Waals surface area contributed by atoms with E-state index < -0.39 is 15.9 Å². The second-order valence-electron chi connectivity index (χ2n) is 4.94. The van der Waals surface area contributed by atoms with Crippen LogP contribution in [0.25, 0.3) is 0 Å². The number of benzene rings is 1. The number of carbonyl (C=O) groups excluding carboxylic acids is 1. The van der Waals surface area contributed by atoms with Crippen LogP contribution < -0.4 is 10.5 Å². The third kappa shape index (κ3) is 3.68. The molecule has 2 rings (SSSR count). The predicted octanol–water partition coefficient (Wildman–Crippen LogP) is 1.86. The van der Waals surface area contributed by atoms with Gasteiger partial charge in [0.2, 0.25) is 10.0 Å². The summed E-state index contributed by atoms with van der Waals surface area (Å²) in [5.41, 5.74) is 5.36. The maximum absolute atomic E-state index is 12.5. The number of nitrogens with two attached hydrogens (primary N) is 1. The first kappa shape index (κ1) is 17.0. The first-order valence-electron chi connectivity index (χ1n) is 6.72. The normalized spacial score (nSPS) is 15.7. The number of hydrogen-bond donors (Lipinski definition) is 1. The van der Waals surface area contributed by atoms with Gasteiger partial charge in [0.15, 0.2) is 0 Å². The van der Waals surface area contributed by atoms with E-state index in [1.807, 2.05) is 0 Å². The van der Waals surface area contributed by atoms with Crippen LogP contribution in [0, 0.1) is 0 Å². The molecule has 1 aliphatic rings. The Labute approximate surface area is 138 Å². The highest BCUT2D eigenvalue weighted by Gasteiger charge is 2.28.